The lowest BCUT2D eigenvalue weighted by Gasteiger charge is -2.22. The molecule has 8 nitrogen and oxygen atoms in total. The Bertz CT molecular complexity index is 757. The molecule has 3 N–H and O–H groups in total. The largest absolute Gasteiger partial charge is 0.479 e. The molecule has 0 bridgehead atoms. The maximum Gasteiger partial charge on any atom is 0.408 e. The highest BCUT2D eigenvalue weighted by Gasteiger charge is 2.18. The van der Waals surface area contributed by atoms with Gasteiger partial charge in [0, 0.05) is 0 Å². The van der Waals surface area contributed by atoms with E-state index in [0.29, 0.717) is 5.75 Å². The van der Waals surface area contributed by atoms with Gasteiger partial charge in [0.25, 0.3) is 0 Å². The highest BCUT2D eigenvalue weighted by Crippen LogP contribution is 2.30. The molecule has 1 heterocycles. The van der Waals surface area contributed by atoms with Gasteiger partial charge in [0.2, 0.25) is 11.8 Å². The Morgan fingerprint density at radius 3 is 2.35 bits per heavy atom. The van der Waals surface area contributed by atoms with Gasteiger partial charge in [0.15, 0.2) is 5.69 Å². The average molecular weight is 360 g/mol. The lowest BCUT2D eigenvalue weighted by molar-refractivity contribution is 0.0508. The number of anilines is 1. The zero-order chi connectivity index (χ0) is 19.3. The molecule has 1 aromatic carbocycles. The van der Waals surface area contributed by atoms with Gasteiger partial charge in [-0.2, -0.15) is 9.97 Å². The Kier molecular flexibility index (Phi) is 5.86. The van der Waals surface area contributed by atoms with Crippen LogP contribution >= 0.6 is 0 Å². The molecule has 0 fully saturated rings. The maximum atomic E-state index is 11.9. The van der Waals surface area contributed by atoms with Crippen molar-refractivity contribution >= 4 is 11.8 Å². The number of nitrogens with two attached hydrogens (primary N) is 1. The van der Waals surface area contributed by atoms with Crippen LogP contribution in [-0.2, 0) is 4.74 Å². The number of alkyl carbamates (subject to hydrolysis) is 1. The third kappa shape index (κ3) is 5.23. The zero-order valence-electron chi connectivity index (χ0n) is 15.6. The number of benzene rings is 1. The quantitative estimate of drug-likeness (QED) is 0.840. The Balaban J connectivity index is 2.03. The van der Waals surface area contributed by atoms with Crippen LogP contribution in [0.25, 0.3) is 0 Å². The fourth-order valence-electron chi connectivity index (χ4n) is 2.11. The van der Waals surface area contributed by atoms with Gasteiger partial charge in [-0.05, 0) is 45.4 Å². The summed E-state index contributed by atoms with van der Waals surface area (Å²) in [4.78, 5) is 19.8. The fraction of sp³-hybridized carbons (Fsp3) is 0.389. The Morgan fingerprint density at radius 2 is 1.77 bits per heavy atom. The standard InChI is InChI=1S/C18H24N4O4/c1-11(22-17(23)26-18(2,3)4)12-6-8-13(9-7-12)25-16-14(19)15(24-5)20-10-21-16/h6-11H,19H2,1-5H3,(H,22,23). The number of nitrogens with zero attached hydrogens (tertiary/aromatic N) is 2. The van der Waals surface area contributed by atoms with Gasteiger partial charge in [0.05, 0.1) is 13.2 Å². The second kappa shape index (κ2) is 7.90. The summed E-state index contributed by atoms with van der Waals surface area (Å²) in [6.45, 7) is 7.32. The van der Waals surface area contributed by atoms with Crippen LogP contribution < -0.4 is 20.5 Å². The number of nitrogens with one attached hydrogen (secondary N) is 1. The van der Waals surface area contributed by atoms with Crippen molar-refractivity contribution < 1.29 is 19.0 Å². The van der Waals surface area contributed by atoms with Crippen LogP contribution in [0.5, 0.6) is 17.5 Å². The molecule has 0 aliphatic rings. The lowest BCUT2D eigenvalue weighted by Crippen LogP contribution is -2.34. The normalized spacial score (nSPS) is 12.2. The smallest absolute Gasteiger partial charge is 0.408 e. The van der Waals surface area contributed by atoms with Crippen molar-refractivity contribution in [2.75, 3.05) is 12.8 Å². The third-order valence-electron chi connectivity index (χ3n) is 3.33. The van der Waals surface area contributed by atoms with Gasteiger partial charge >= 0.3 is 6.09 Å². The van der Waals surface area contributed by atoms with E-state index >= 15 is 0 Å². The monoisotopic (exact) mass is 360 g/mol. The number of hydrogen-bond donors (Lipinski definition) is 2. The molecular weight excluding hydrogens is 336 g/mol. The second-order valence-corrected chi connectivity index (χ2v) is 6.64. The first-order valence-electron chi connectivity index (χ1n) is 8.11. The minimum atomic E-state index is -0.542. The van der Waals surface area contributed by atoms with E-state index in [1.807, 2.05) is 39.8 Å². The molecule has 1 atom stereocenters. The zero-order valence-corrected chi connectivity index (χ0v) is 15.6. The average Bonchev–Trinajstić information content (AvgIpc) is 2.55. The van der Waals surface area contributed by atoms with E-state index < -0.39 is 11.7 Å². The van der Waals surface area contributed by atoms with Crippen LogP contribution in [-0.4, -0.2) is 28.8 Å². The molecule has 26 heavy (non-hydrogen) atoms. The van der Waals surface area contributed by atoms with Crippen LogP contribution in [0.4, 0.5) is 10.5 Å². The molecule has 0 aliphatic heterocycles. The molecule has 2 rings (SSSR count). The number of ether oxygens (including phenoxy) is 3. The Morgan fingerprint density at radius 1 is 1.15 bits per heavy atom. The van der Waals surface area contributed by atoms with Gasteiger partial charge in [-0.25, -0.2) is 4.79 Å². The van der Waals surface area contributed by atoms with Gasteiger partial charge in [0.1, 0.15) is 17.7 Å². The first-order valence-corrected chi connectivity index (χ1v) is 8.11. The number of rotatable bonds is 5. The van der Waals surface area contributed by atoms with E-state index in [4.69, 9.17) is 19.9 Å². The molecule has 1 unspecified atom stereocenters. The number of hydrogen-bond acceptors (Lipinski definition) is 7. The van der Waals surface area contributed by atoms with Gasteiger partial charge in [-0.3, -0.25) is 0 Å². The second-order valence-electron chi connectivity index (χ2n) is 6.64. The number of aromatic nitrogens is 2. The van der Waals surface area contributed by atoms with E-state index in [1.54, 1.807) is 12.1 Å². The first kappa shape index (κ1) is 19.3. The van der Waals surface area contributed by atoms with E-state index in [1.165, 1.54) is 13.4 Å². The SMILES string of the molecule is COc1ncnc(Oc2ccc(C(C)NC(=O)OC(C)(C)C)cc2)c1N. The molecule has 8 heteroatoms. The van der Waals surface area contributed by atoms with E-state index in [2.05, 4.69) is 15.3 Å². The highest BCUT2D eigenvalue weighted by atomic mass is 16.6. The summed E-state index contributed by atoms with van der Waals surface area (Å²) < 4.78 is 16.0. The Labute approximate surface area is 152 Å². The van der Waals surface area contributed by atoms with E-state index in [9.17, 15) is 4.79 Å². The van der Waals surface area contributed by atoms with Crippen molar-refractivity contribution in [1.82, 2.24) is 15.3 Å². The van der Waals surface area contributed by atoms with Crippen LogP contribution in [0, 0.1) is 0 Å². The third-order valence-corrected chi connectivity index (χ3v) is 3.33. The first-order chi connectivity index (χ1) is 12.2. The fourth-order valence-corrected chi connectivity index (χ4v) is 2.11. The minimum Gasteiger partial charge on any atom is -0.479 e. The molecule has 0 saturated carbocycles. The van der Waals surface area contributed by atoms with Gasteiger partial charge in [-0.15, -0.1) is 0 Å². The van der Waals surface area contributed by atoms with E-state index in [-0.39, 0.29) is 23.5 Å². The molecule has 0 saturated heterocycles. The van der Waals surface area contributed by atoms with Crippen molar-refractivity contribution in [3.05, 3.63) is 36.2 Å². The number of nitrogen functional groups attached to an aromatic ring is 1. The van der Waals surface area contributed by atoms with Crippen LogP contribution in [0.15, 0.2) is 30.6 Å². The van der Waals surface area contributed by atoms with Crippen LogP contribution in [0.3, 0.4) is 0 Å². The molecule has 1 aromatic heterocycles. The highest BCUT2D eigenvalue weighted by molar-refractivity contribution is 5.68. The number of methoxy groups -OCH3 is 1. The maximum absolute atomic E-state index is 11.9. The van der Waals surface area contributed by atoms with Crippen molar-refractivity contribution in [2.24, 2.45) is 0 Å². The number of carbonyl (C=O) groups excluding carboxylic acids is 1. The summed E-state index contributed by atoms with van der Waals surface area (Å²) in [6, 6.07) is 6.98. The summed E-state index contributed by atoms with van der Waals surface area (Å²) in [7, 11) is 1.47. The predicted molar refractivity (Wildman–Crippen MR) is 97.3 cm³/mol. The molecule has 1 amide bonds. The van der Waals surface area contributed by atoms with Crippen LogP contribution in [0.1, 0.15) is 39.3 Å². The summed E-state index contributed by atoms with van der Waals surface area (Å²) >= 11 is 0. The Hall–Kier alpha value is -3.03. The molecule has 0 spiro atoms. The predicted octanol–water partition coefficient (Wildman–Crippen LogP) is 3.45. The van der Waals surface area contributed by atoms with Crippen LogP contribution in [0.2, 0.25) is 0 Å². The molecule has 0 aliphatic carbocycles. The number of carbonyl (C=O) groups is 1. The van der Waals surface area contributed by atoms with Crippen molar-refractivity contribution in [3.8, 4) is 17.5 Å². The van der Waals surface area contributed by atoms with Gasteiger partial charge in [-0.1, -0.05) is 12.1 Å². The molecule has 140 valence electrons. The lowest BCUT2D eigenvalue weighted by atomic mass is 10.1. The topological polar surface area (TPSA) is 109 Å². The summed E-state index contributed by atoms with van der Waals surface area (Å²) in [5, 5.41) is 2.79. The van der Waals surface area contributed by atoms with E-state index in [0.717, 1.165) is 5.56 Å². The molecule has 0 radical (unpaired) electrons. The summed E-state index contributed by atoms with van der Waals surface area (Å²) in [6.07, 6.45) is 0.845. The van der Waals surface area contributed by atoms with Crippen molar-refractivity contribution in [3.63, 3.8) is 0 Å². The molecular formula is C18H24N4O4. The minimum absolute atomic E-state index is 0.213. The summed E-state index contributed by atoms with van der Waals surface area (Å²) in [5.41, 5.74) is 6.47. The molecule has 2 aromatic rings. The summed E-state index contributed by atoms with van der Waals surface area (Å²) in [5.74, 6) is 1.01. The van der Waals surface area contributed by atoms with Crippen molar-refractivity contribution in [1.29, 1.82) is 0 Å². The van der Waals surface area contributed by atoms with Crippen molar-refractivity contribution in [2.45, 2.75) is 39.3 Å². The number of amides is 1. The van der Waals surface area contributed by atoms with Gasteiger partial charge < -0.3 is 25.3 Å².